The first-order chi connectivity index (χ1) is 10.6. The molecular formula is C17H25N3OS. The van der Waals surface area contributed by atoms with Crippen molar-refractivity contribution in [2.24, 2.45) is 0 Å². The smallest absolute Gasteiger partial charge is 0.238 e. The number of hydrogen-bond donors (Lipinski definition) is 0. The summed E-state index contributed by atoms with van der Waals surface area (Å²) in [6.07, 6.45) is 2.12. The van der Waals surface area contributed by atoms with Crippen molar-refractivity contribution in [3.8, 4) is 0 Å². The van der Waals surface area contributed by atoms with E-state index in [2.05, 4.69) is 40.9 Å². The Kier molecular flexibility index (Phi) is 4.76. The zero-order valence-electron chi connectivity index (χ0n) is 13.5. The van der Waals surface area contributed by atoms with Crippen LogP contribution in [-0.2, 0) is 4.79 Å². The van der Waals surface area contributed by atoms with E-state index in [0.29, 0.717) is 5.75 Å². The highest BCUT2D eigenvalue weighted by Crippen LogP contribution is 2.46. The van der Waals surface area contributed by atoms with Crippen LogP contribution in [0.2, 0.25) is 0 Å². The molecular weight excluding hydrogens is 294 g/mol. The van der Waals surface area contributed by atoms with Crippen molar-refractivity contribution in [1.29, 1.82) is 0 Å². The summed E-state index contributed by atoms with van der Waals surface area (Å²) in [5, 5.41) is 0. The number of likely N-dealkylation sites (N-methyl/N-ethyl adjacent to an activating group) is 1. The molecule has 0 radical (unpaired) electrons. The summed E-state index contributed by atoms with van der Waals surface area (Å²) >= 11 is 1.84. The van der Waals surface area contributed by atoms with E-state index in [9.17, 15) is 4.79 Å². The van der Waals surface area contributed by atoms with E-state index in [-0.39, 0.29) is 10.8 Å². The second-order valence-electron chi connectivity index (χ2n) is 6.44. The quantitative estimate of drug-likeness (QED) is 0.849. The minimum atomic E-state index is -0.0208. The Labute approximate surface area is 137 Å². The Hall–Kier alpha value is -1.04. The van der Waals surface area contributed by atoms with Crippen LogP contribution in [0.5, 0.6) is 0 Å². The lowest BCUT2D eigenvalue weighted by molar-refractivity contribution is -0.116. The second-order valence-corrected chi connectivity index (χ2v) is 7.78. The zero-order chi connectivity index (χ0) is 15.6. The molecule has 4 nitrogen and oxygen atoms in total. The molecule has 2 fully saturated rings. The van der Waals surface area contributed by atoms with Crippen LogP contribution in [0.3, 0.4) is 0 Å². The van der Waals surface area contributed by atoms with E-state index in [1.54, 1.807) is 0 Å². The fraction of sp³-hybridized carbons (Fsp3) is 0.588. The van der Waals surface area contributed by atoms with Gasteiger partial charge in [-0.25, -0.2) is 0 Å². The summed E-state index contributed by atoms with van der Waals surface area (Å²) in [5.41, 5.74) is 1.05. The number of thioether (sulfide) groups is 1. The molecule has 0 saturated carbocycles. The van der Waals surface area contributed by atoms with Gasteiger partial charge in [0.25, 0.3) is 0 Å². The van der Waals surface area contributed by atoms with Crippen molar-refractivity contribution < 1.29 is 4.79 Å². The Morgan fingerprint density at radius 3 is 2.50 bits per heavy atom. The van der Waals surface area contributed by atoms with Crippen LogP contribution < -0.4 is 4.90 Å². The van der Waals surface area contributed by atoms with Crippen LogP contribution in [0.25, 0.3) is 0 Å². The summed E-state index contributed by atoms with van der Waals surface area (Å²) < 4.78 is 0. The van der Waals surface area contributed by atoms with Gasteiger partial charge in [-0.05, 0) is 39.1 Å². The monoisotopic (exact) mass is 319 g/mol. The van der Waals surface area contributed by atoms with E-state index in [4.69, 9.17) is 0 Å². The largest absolute Gasteiger partial charge is 0.308 e. The molecule has 22 heavy (non-hydrogen) atoms. The summed E-state index contributed by atoms with van der Waals surface area (Å²) in [5.74, 6) is 0.880. The third-order valence-electron chi connectivity index (χ3n) is 4.64. The Balaban J connectivity index is 1.70. The van der Waals surface area contributed by atoms with E-state index in [1.807, 2.05) is 30.0 Å². The first-order valence-electron chi connectivity index (χ1n) is 8.00. The zero-order valence-corrected chi connectivity index (χ0v) is 14.3. The molecule has 1 aromatic rings. The van der Waals surface area contributed by atoms with Gasteiger partial charge in [0.15, 0.2) is 0 Å². The summed E-state index contributed by atoms with van der Waals surface area (Å²) in [6, 6.07) is 10.2. The molecule has 1 aromatic carbocycles. The summed E-state index contributed by atoms with van der Waals surface area (Å²) in [4.78, 5) is 19.2. The lowest BCUT2D eigenvalue weighted by Gasteiger charge is -2.44. The van der Waals surface area contributed by atoms with Gasteiger partial charge in [0.2, 0.25) is 5.91 Å². The van der Waals surface area contributed by atoms with Gasteiger partial charge in [-0.15, -0.1) is 11.8 Å². The third kappa shape index (κ3) is 3.16. The number of nitrogens with zero attached hydrogens (tertiary/aromatic N) is 3. The predicted molar refractivity (Wildman–Crippen MR) is 93.3 cm³/mol. The molecule has 0 aromatic heterocycles. The molecule has 0 unspecified atom stereocenters. The van der Waals surface area contributed by atoms with Crippen molar-refractivity contribution in [3.63, 3.8) is 0 Å². The first-order valence-corrected chi connectivity index (χ1v) is 8.98. The predicted octanol–water partition coefficient (Wildman–Crippen LogP) is 2.12. The number of piperidine rings is 1. The number of benzene rings is 1. The number of amides is 1. The average Bonchev–Trinajstić information content (AvgIpc) is 2.84. The number of carbonyl (C=O) groups excluding carboxylic acids is 1. The lowest BCUT2D eigenvalue weighted by atomic mass is 10.0. The molecule has 0 aliphatic carbocycles. The Morgan fingerprint density at radius 1 is 1.18 bits per heavy atom. The highest BCUT2D eigenvalue weighted by atomic mass is 32.2. The number of para-hydroxylation sites is 1. The molecule has 2 aliphatic heterocycles. The summed E-state index contributed by atoms with van der Waals surface area (Å²) in [6.45, 7) is 4.38. The highest BCUT2D eigenvalue weighted by molar-refractivity contribution is 8.02. The van der Waals surface area contributed by atoms with Gasteiger partial charge in [0.05, 0.1) is 10.6 Å². The minimum absolute atomic E-state index is 0.0208. The maximum atomic E-state index is 12.4. The van der Waals surface area contributed by atoms with E-state index in [1.165, 1.54) is 0 Å². The molecule has 120 valence electrons. The number of hydrogen-bond acceptors (Lipinski definition) is 4. The highest BCUT2D eigenvalue weighted by Gasteiger charge is 2.48. The number of anilines is 1. The van der Waals surface area contributed by atoms with Gasteiger partial charge >= 0.3 is 0 Å². The molecule has 0 bridgehead atoms. The summed E-state index contributed by atoms with van der Waals surface area (Å²) in [7, 11) is 4.24. The third-order valence-corrected chi connectivity index (χ3v) is 6.16. The minimum Gasteiger partial charge on any atom is -0.308 e. The molecule has 1 amide bonds. The molecule has 2 aliphatic rings. The van der Waals surface area contributed by atoms with Gasteiger partial charge in [0, 0.05) is 31.9 Å². The van der Waals surface area contributed by atoms with E-state index >= 15 is 0 Å². The number of carbonyl (C=O) groups is 1. The molecule has 5 heteroatoms. The molecule has 2 saturated heterocycles. The van der Waals surface area contributed by atoms with E-state index < -0.39 is 0 Å². The topological polar surface area (TPSA) is 26.8 Å². The Morgan fingerprint density at radius 2 is 1.86 bits per heavy atom. The van der Waals surface area contributed by atoms with E-state index in [0.717, 1.165) is 44.7 Å². The SMILES string of the molecule is CN(C)CCN1CCC2(CC1)SCC(=O)N2c1ccccc1. The van der Waals surface area contributed by atoms with Crippen molar-refractivity contribution in [1.82, 2.24) is 9.80 Å². The van der Waals surface area contributed by atoms with Gasteiger partial charge in [0.1, 0.15) is 0 Å². The molecule has 0 N–H and O–H groups in total. The van der Waals surface area contributed by atoms with Crippen LogP contribution in [0.15, 0.2) is 30.3 Å². The average molecular weight is 319 g/mol. The molecule has 1 spiro atoms. The fourth-order valence-corrected chi connectivity index (χ4v) is 4.67. The van der Waals surface area contributed by atoms with Crippen LogP contribution in [-0.4, -0.2) is 66.6 Å². The fourth-order valence-electron chi connectivity index (χ4n) is 3.34. The second kappa shape index (κ2) is 6.60. The van der Waals surface area contributed by atoms with Crippen molar-refractivity contribution >= 4 is 23.4 Å². The van der Waals surface area contributed by atoms with Gasteiger partial charge in [-0.2, -0.15) is 0 Å². The molecule has 3 rings (SSSR count). The van der Waals surface area contributed by atoms with Crippen LogP contribution in [0, 0.1) is 0 Å². The number of likely N-dealkylation sites (tertiary alicyclic amines) is 1. The van der Waals surface area contributed by atoms with Crippen molar-refractivity contribution in [3.05, 3.63) is 30.3 Å². The van der Waals surface area contributed by atoms with Crippen LogP contribution in [0.4, 0.5) is 5.69 Å². The van der Waals surface area contributed by atoms with Crippen LogP contribution >= 0.6 is 11.8 Å². The lowest BCUT2D eigenvalue weighted by Crippen LogP contribution is -2.52. The number of rotatable bonds is 4. The Bertz CT molecular complexity index is 512. The molecule has 2 heterocycles. The molecule has 0 atom stereocenters. The van der Waals surface area contributed by atoms with Gasteiger partial charge < -0.3 is 9.80 Å². The van der Waals surface area contributed by atoms with Crippen molar-refractivity contribution in [2.45, 2.75) is 17.7 Å². The van der Waals surface area contributed by atoms with Gasteiger partial charge in [-0.3, -0.25) is 9.69 Å². The van der Waals surface area contributed by atoms with Crippen molar-refractivity contribution in [2.75, 3.05) is 50.9 Å². The maximum Gasteiger partial charge on any atom is 0.238 e. The standard InChI is InChI=1S/C17H25N3OS/c1-18(2)12-13-19-10-8-17(9-11-19)20(16(21)14-22-17)15-6-4-3-5-7-15/h3-7H,8-14H2,1-2H3. The normalized spacial score (nSPS) is 22.0. The van der Waals surface area contributed by atoms with Crippen LogP contribution in [0.1, 0.15) is 12.8 Å². The first kappa shape index (κ1) is 15.8. The maximum absolute atomic E-state index is 12.4. The van der Waals surface area contributed by atoms with Gasteiger partial charge in [-0.1, -0.05) is 18.2 Å².